The van der Waals surface area contributed by atoms with Crippen LogP contribution in [0.4, 0.5) is 8.78 Å². The van der Waals surface area contributed by atoms with Gasteiger partial charge in [-0.25, -0.2) is 18.6 Å². The Labute approximate surface area is 162 Å². The van der Waals surface area contributed by atoms with Gasteiger partial charge >= 0.3 is 5.97 Å². The van der Waals surface area contributed by atoms with Crippen molar-refractivity contribution in [1.29, 1.82) is 0 Å². The van der Waals surface area contributed by atoms with Crippen molar-refractivity contribution in [3.8, 4) is 0 Å². The molecule has 5 aliphatic rings. The fourth-order valence-electron chi connectivity index (χ4n) is 6.40. The highest BCUT2D eigenvalue weighted by molar-refractivity contribution is 5.88. The molecule has 1 amide bonds. The highest BCUT2D eigenvalue weighted by Crippen LogP contribution is 2.63. The first-order valence-corrected chi connectivity index (χ1v) is 10.1. The van der Waals surface area contributed by atoms with Crippen LogP contribution in [0, 0.1) is 17.3 Å². The third kappa shape index (κ3) is 2.99. The van der Waals surface area contributed by atoms with Gasteiger partial charge in [0.05, 0.1) is 5.41 Å². The van der Waals surface area contributed by atoms with E-state index in [2.05, 4.69) is 10.3 Å². The van der Waals surface area contributed by atoms with Crippen molar-refractivity contribution in [2.75, 3.05) is 0 Å². The van der Waals surface area contributed by atoms with Crippen molar-refractivity contribution in [2.24, 2.45) is 17.3 Å². The van der Waals surface area contributed by atoms with Crippen molar-refractivity contribution >= 4 is 11.9 Å². The van der Waals surface area contributed by atoms with E-state index in [0.717, 1.165) is 32.1 Å². The van der Waals surface area contributed by atoms with Gasteiger partial charge in [-0.2, -0.15) is 0 Å². The molecule has 6 rings (SSSR count). The molecule has 2 unspecified atom stereocenters. The molecule has 4 bridgehead atoms. The third-order valence-electron chi connectivity index (χ3n) is 7.10. The van der Waals surface area contributed by atoms with Crippen LogP contribution in [0.3, 0.4) is 0 Å². The summed E-state index contributed by atoms with van der Waals surface area (Å²) in [6, 6.07) is 4.67. The first-order valence-electron chi connectivity index (χ1n) is 10.1. The number of aromatic nitrogens is 1. The number of amides is 1. The molecule has 5 nitrogen and oxygen atoms in total. The minimum atomic E-state index is -2.65. The van der Waals surface area contributed by atoms with Gasteiger partial charge in [-0.15, -0.1) is 0 Å². The predicted molar refractivity (Wildman–Crippen MR) is 95.6 cm³/mol. The quantitative estimate of drug-likeness (QED) is 0.799. The molecule has 28 heavy (non-hydrogen) atoms. The second-order valence-corrected chi connectivity index (χ2v) is 9.46. The van der Waals surface area contributed by atoms with Crippen LogP contribution in [0.1, 0.15) is 61.9 Å². The molecule has 0 aromatic carbocycles. The Bertz CT molecular complexity index is 791. The Balaban J connectivity index is 1.34. The number of nitrogens with one attached hydrogen (secondary N) is 1. The molecule has 0 aliphatic heterocycles. The summed E-state index contributed by atoms with van der Waals surface area (Å²) < 4.78 is 32.3. The van der Waals surface area contributed by atoms with Crippen molar-refractivity contribution in [3.05, 3.63) is 30.1 Å². The molecule has 2 atom stereocenters. The normalized spacial score (nSPS) is 37.9. The van der Waals surface area contributed by atoms with E-state index in [0.29, 0.717) is 18.3 Å². The number of alkyl halides is 2. The average molecular weight is 390 g/mol. The van der Waals surface area contributed by atoms with Gasteiger partial charge in [0, 0.05) is 31.5 Å². The van der Waals surface area contributed by atoms with Gasteiger partial charge in [-0.3, -0.25) is 4.79 Å². The summed E-state index contributed by atoms with van der Waals surface area (Å²) in [6.07, 6.45) is 5.63. The summed E-state index contributed by atoms with van der Waals surface area (Å²) in [7, 11) is 0. The molecule has 7 heteroatoms. The maximum Gasteiger partial charge on any atom is 0.357 e. The standard InChI is InChI=1S/C21H24F2N2O3/c22-21(23)10-15(11-21)25-18(27)19-6-13-5-14(7-19)9-20(8-13,12-19)28-17(26)16-3-1-2-4-24-16/h1-4,13-15H,5-12H2,(H,25,27). The minimum Gasteiger partial charge on any atom is -0.454 e. The molecule has 1 aromatic heterocycles. The van der Waals surface area contributed by atoms with Gasteiger partial charge in [0.1, 0.15) is 11.3 Å². The molecule has 5 aliphatic carbocycles. The molecule has 1 heterocycles. The number of esters is 1. The summed E-state index contributed by atoms with van der Waals surface area (Å²) in [4.78, 5) is 29.8. The van der Waals surface area contributed by atoms with Gasteiger partial charge in [0.25, 0.3) is 5.92 Å². The molecule has 0 spiro atoms. The van der Waals surface area contributed by atoms with E-state index in [1.807, 2.05) is 0 Å². The molecule has 1 aromatic rings. The van der Waals surface area contributed by atoms with E-state index < -0.39 is 28.9 Å². The molecular weight excluding hydrogens is 366 g/mol. The van der Waals surface area contributed by atoms with Crippen molar-refractivity contribution in [2.45, 2.75) is 68.9 Å². The second kappa shape index (κ2) is 5.97. The summed E-state index contributed by atoms with van der Waals surface area (Å²) in [5.74, 6) is -2.55. The van der Waals surface area contributed by atoms with Crippen molar-refractivity contribution in [1.82, 2.24) is 10.3 Å². The van der Waals surface area contributed by atoms with Crippen LogP contribution in [0.15, 0.2) is 24.4 Å². The largest absolute Gasteiger partial charge is 0.454 e. The average Bonchev–Trinajstić information content (AvgIpc) is 2.59. The molecule has 5 saturated carbocycles. The summed E-state index contributed by atoms with van der Waals surface area (Å²) in [5, 5.41) is 2.86. The Hall–Kier alpha value is -2.05. The van der Waals surface area contributed by atoms with Crippen molar-refractivity contribution < 1.29 is 23.1 Å². The van der Waals surface area contributed by atoms with Gasteiger partial charge in [0.2, 0.25) is 5.91 Å². The molecule has 1 N–H and O–H groups in total. The Morgan fingerprint density at radius 3 is 2.39 bits per heavy atom. The fraction of sp³-hybridized carbons (Fsp3) is 0.667. The third-order valence-corrected chi connectivity index (χ3v) is 7.10. The number of halogens is 2. The van der Waals surface area contributed by atoms with E-state index in [-0.39, 0.29) is 24.4 Å². The van der Waals surface area contributed by atoms with Crippen LogP contribution in [-0.4, -0.2) is 34.4 Å². The molecule has 0 saturated heterocycles. The fourth-order valence-corrected chi connectivity index (χ4v) is 6.40. The lowest BCUT2D eigenvalue weighted by Gasteiger charge is -2.60. The Morgan fingerprint density at radius 1 is 1.07 bits per heavy atom. The van der Waals surface area contributed by atoms with E-state index >= 15 is 0 Å². The van der Waals surface area contributed by atoms with Crippen LogP contribution in [0.25, 0.3) is 0 Å². The maximum absolute atomic E-state index is 13.2. The van der Waals surface area contributed by atoms with Gasteiger partial charge < -0.3 is 10.1 Å². The highest BCUT2D eigenvalue weighted by atomic mass is 19.3. The highest BCUT2D eigenvalue weighted by Gasteiger charge is 2.63. The number of ether oxygens (including phenoxy) is 1. The Kier molecular flexibility index (Phi) is 3.84. The summed E-state index contributed by atoms with van der Waals surface area (Å²) >= 11 is 0. The number of carbonyl (C=O) groups is 2. The summed E-state index contributed by atoms with van der Waals surface area (Å²) in [6.45, 7) is 0. The maximum atomic E-state index is 13.2. The minimum absolute atomic E-state index is 0.125. The van der Waals surface area contributed by atoms with E-state index in [1.54, 1.807) is 24.4 Å². The topological polar surface area (TPSA) is 68.3 Å². The lowest BCUT2D eigenvalue weighted by Crippen LogP contribution is -2.63. The van der Waals surface area contributed by atoms with Gasteiger partial charge in [-0.05, 0) is 56.1 Å². The number of hydrogen-bond donors (Lipinski definition) is 1. The van der Waals surface area contributed by atoms with Crippen molar-refractivity contribution in [3.63, 3.8) is 0 Å². The second-order valence-electron chi connectivity index (χ2n) is 9.46. The molecule has 150 valence electrons. The van der Waals surface area contributed by atoms with E-state index in [9.17, 15) is 18.4 Å². The lowest BCUT2D eigenvalue weighted by molar-refractivity contribution is -0.182. The van der Waals surface area contributed by atoms with Crippen LogP contribution < -0.4 is 5.32 Å². The van der Waals surface area contributed by atoms with Crippen LogP contribution in [0.5, 0.6) is 0 Å². The predicted octanol–water partition coefficient (Wildman–Crippen LogP) is 3.49. The first-order chi connectivity index (χ1) is 13.3. The monoisotopic (exact) mass is 390 g/mol. The zero-order chi connectivity index (χ0) is 19.6. The number of pyridine rings is 1. The molecule has 5 fully saturated rings. The van der Waals surface area contributed by atoms with Crippen LogP contribution in [-0.2, 0) is 9.53 Å². The van der Waals surface area contributed by atoms with E-state index in [1.165, 1.54) is 0 Å². The van der Waals surface area contributed by atoms with E-state index in [4.69, 9.17) is 4.74 Å². The zero-order valence-corrected chi connectivity index (χ0v) is 15.6. The zero-order valence-electron chi connectivity index (χ0n) is 15.6. The Morgan fingerprint density at radius 2 is 1.79 bits per heavy atom. The summed E-state index contributed by atoms with van der Waals surface area (Å²) in [5.41, 5.74) is -0.965. The van der Waals surface area contributed by atoms with Gasteiger partial charge in [0.15, 0.2) is 0 Å². The molecule has 0 radical (unpaired) electrons. The number of rotatable bonds is 4. The SMILES string of the molecule is O=C(OC12CC3CC(C1)CC(C(=O)NC1CC(F)(F)C1)(C3)C2)c1ccccn1. The number of hydrogen-bond acceptors (Lipinski definition) is 4. The smallest absolute Gasteiger partial charge is 0.357 e. The number of nitrogens with zero attached hydrogens (tertiary/aromatic N) is 1. The van der Waals surface area contributed by atoms with Crippen LogP contribution >= 0.6 is 0 Å². The molecular formula is C21H24F2N2O3. The van der Waals surface area contributed by atoms with Gasteiger partial charge in [-0.1, -0.05) is 6.07 Å². The number of carbonyl (C=O) groups excluding carboxylic acids is 2. The first kappa shape index (κ1) is 18.0. The lowest BCUT2D eigenvalue weighted by atomic mass is 9.47. The van der Waals surface area contributed by atoms with Crippen LogP contribution in [0.2, 0.25) is 0 Å².